The van der Waals surface area contributed by atoms with Crippen LogP contribution >= 0.6 is 0 Å². The number of hydrogen-bond acceptors (Lipinski definition) is 3. The number of benzene rings is 2. The van der Waals surface area contributed by atoms with E-state index < -0.39 is 12.1 Å². The number of carboxylic acids is 1. The molecule has 1 aromatic heterocycles. The normalized spacial score (nSPS) is 27.5. The number of aliphatic hydroxyl groups excluding tert-OH is 1. The molecular weight excluding hydrogens is 304 g/mol. The van der Waals surface area contributed by atoms with E-state index in [1.807, 2.05) is 30.3 Å². The second-order valence-electron chi connectivity index (χ2n) is 6.80. The molecule has 1 unspecified atom stereocenters. The summed E-state index contributed by atoms with van der Waals surface area (Å²) in [5, 5.41) is 21.1. The number of furan rings is 1. The Labute approximate surface area is 138 Å². The fourth-order valence-corrected chi connectivity index (χ4v) is 4.70. The predicted molar refractivity (Wildman–Crippen MR) is 88.5 cm³/mol. The summed E-state index contributed by atoms with van der Waals surface area (Å²) in [6, 6.07) is 13.2. The number of aliphatic hydroxyl groups is 1. The first kappa shape index (κ1) is 13.8. The third-order valence-electron chi connectivity index (χ3n) is 5.72. The summed E-state index contributed by atoms with van der Waals surface area (Å²) in [6.45, 7) is 0. The molecule has 0 spiro atoms. The Morgan fingerprint density at radius 3 is 2.71 bits per heavy atom. The van der Waals surface area contributed by atoms with Crippen LogP contribution in [0.15, 0.2) is 53.1 Å². The standard InChI is InChI=1S/C20H16O4/c21-19-15-8-14(11-6-5-10(20(22)23)7-13(11)15)18(19)16-9-24-17-4-2-1-3-12(16)17/h1-7,9,14-15,18-19,21H,8H2,(H,22,23)/t14-,15+,18-,19?/m0/s1. The van der Waals surface area contributed by atoms with Crippen LogP contribution in [0.4, 0.5) is 0 Å². The highest BCUT2D eigenvalue weighted by atomic mass is 16.4. The van der Waals surface area contributed by atoms with Gasteiger partial charge in [-0.2, -0.15) is 0 Å². The van der Waals surface area contributed by atoms with Crippen molar-refractivity contribution >= 4 is 16.9 Å². The lowest BCUT2D eigenvalue weighted by molar-refractivity contribution is 0.0696. The summed E-state index contributed by atoms with van der Waals surface area (Å²) in [6.07, 6.45) is 2.13. The molecule has 0 radical (unpaired) electrons. The Balaban J connectivity index is 1.63. The Bertz CT molecular complexity index is 971. The summed E-state index contributed by atoms with van der Waals surface area (Å²) < 4.78 is 5.67. The lowest BCUT2D eigenvalue weighted by Crippen LogP contribution is -2.25. The van der Waals surface area contributed by atoms with Crippen LogP contribution in [0, 0.1) is 0 Å². The number of hydrogen-bond donors (Lipinski definition) is 2. The van der Waals surface area contributed by atoms with Crippen LogP contribution in [-0.2, 0) is 0 Å². The van der Waals surface area contributed by atoms with E-state index in [0.29, 0.717) is 5.56 Å². The first-order chi connectivity index (χ1) is 11.6. The summed E-state index contributed by atoms with van der Waals surface area (Å²) in [5.41, 5.74) is 4.35. The fourth-order valence-electron chi connectivity index (χ4n) is 4.70. The van der Waals surface area contributed by atoms with Crippen LogP contribution in [0.5, 0.6) is 0 Å². The molecule has 1 heterocycles. The van der Waals surface area contributed by atoms with Gasteiger partial charge in [0.15, 0.2) is 0 Å². The van der Waals surface area contributed by atoms with Gasteiger partial charge in [-0.25, -0.2) is 4.79 Å². The number of rotatable bonds is 2. The molecule has 2 bridgehead atoms. The van der Waals surface area contributed by atoms with Gasteiger partial charge in [-0.1, -0.05) is 24.3 Å². The van der Waals surface area contributed by atoms with E-state index in [9.17, 15) is 15.0 Å². The van der Waals surface area contributed by atoms with Gasteiger partial charge in [-0.05, 0) is 41.7 Å². The molecule has 0 aliphatic heterocycles. The predicted octanol–water partition coefficient (Wildman–Crippen LogP) is 3.86. The summed E-state index contributed by atoms with van der Waals surface area (Å²) in [5.74, 6) is -0.707. The van der Waals surface area contributed by atoms with E-state index in [2.05, 4.69) is 0 Å². The monoisotopic (exact) mass is 320 g/mol. The average molecular weight is 320 g/mol. The van der Waals surface area contributed by atoms with E-state index in [-0.39, 0.29) is 17.8 Å². The van der Waals surface area contributed by atoms with Gasteiger partial charge >= 0.3 is 5.97 Å². The quantitative estimate of drug-likeness (QED) is 0.752. The topological polar surface area (TPSA) is 70.7 Å². The minimum absolute atomic E-state index is 0.00169. The molecule has 5 rings (SSSR count). The second kappa shape index (κ2) is 4.71. The highest BCUT2D eigenvalue weighted by molar-refractivity contribution is 5.88. The zero-order valence-electron chi connectivity index (χ0n) is 12.8. The first-order valence-corrected chi connectivity index (χ1v) is 8.16. The minimum Gasteiger partial charge on any atom is -0.478 e. The van der Waals surface area contributed by atoms with E-state index >= 15 is 0 Å². The lowest BCUT2D eigenvalue weighted by atomic mass is 9.77. The maximum atomic E-state index is 11.2. The zero-order chi connectivity index (χ0) is 16.4. The Hall–Kier alpha value is -2.59. The maximum Gasteiger partial charge on any atom is 0.335 e. The summed E-state index contributed by atoms with van der Waals surface area (Å²) >= 11 is 0. The van der Waals surface area contributed by atoms with E-state index in [4.69, 9.17) is 4.42 Å². The average Bonchev–Trinajstić information content (AvgIpc) is 3.26. The Morgan fingerprint density at radius 1 is 1.04 bits per heavy atom. The van der Waals surface area contributed by atoms with Crippen LogP contribution in [0.25, 0.3) is 11.0 Å². The van der Waals surface area contributed by atoms with Crippen molar-refractivity contribution < 1.29 is 19.4 Å². The number of para-hydroxylation sites is 1. The van der Waals surface area contributed by atoms with Crippen molar-refractivity contribution in [1.29, 1.82) is 0 Å². The third-order valence-corrected chi connectivity index (χ3v) is 5.72. The van der Waals surface area contributed by atoms with Gasteiger partial charge in [0.1, 0.15) is 5.58 Å². The van der Waals surface area contributed by atoms with Gasteiger partial charge < -0.3 is 14.6 Å². The maximum absolute atomic E-state index is 11.2. The van der Waals surface area contributed by atoms with Crippen molar-refractivity contribution in [1.82, 2.24) is 0 Å². The van der Waals surface area contributed by atoms with Crippen molar-refractivity contribution in [3.05, 3.63) is 71.0 Å². The third kappa shape index (κ3) is 1.69. The van der Waals surface area contributed by atoms with Crippen molar-refractivity contribution in [2.24, 2.45) is 0 Å². The van der Waals surface area contributed by atoms with E-state index in [0.717, 1.165) is 28.5 Å². The molecule has 1 fully saturated rings. The van der Waals surface area contributed by atoms with Crippen LogP contribution in [-0.4, -0.2) is 22.3 Å². The molecule has 2 aliphatic carbocycles. The molecule has 4 atom stereocenters. The lowest BCUT2D eigenvalue weighted by Gasteiger charge is -2.29. The summed E-state index contributed by atoms with van der Waals surface area (Å²) in [7, 11) is 0. The van der Waals surface area contributed by atoms with Crippen molar-refractivity contribution in [3.63, 3.8) is 0 Å². The Kier molecular flexibility index (Phi) is 2.71. The van der Waals surface area contributed by atoms with Crippen molar-refractivity contribution in [2.45, 2.75) is 30.3 Å². The number of aromatic carboxylic acids is 1. The minimum atomic E-state index is -0.924. The smallest absolute Gasteiger partial charge is 0.335 e. The molecule has 2 aliphatic rings. The molecule has 0 amide bonds. The van der Waals surface area contributed by atoms with E-state index in [1.54, 1.807) is 18.4 Å². The highest BCUT2D eigenvalue weighted by Gasteiger charge is 2.51. The molecule has 4 nitrogen and oxygen atoms in total. The molecule has 1 saturated carbocycles. The van der Waals surface area contributed by atoms with Crippen LogP contribution < -0.4 is 0 Å². The molecule has 24 heavy (non-hydrogen) atoms. The Morgan fingerprint density at radius 2 is 1.88 bits per heavy atom. The van der Waals surface area contributed by atoms with E-state index in [1.165, 1.54) is 5.56 Å². The number of carboxylic acid groups (broad SMARTS) is 1. The first-order valence-electron chi connectivity index (χ1n) is 8.16. The summed E-state index contributed by atoms with van der Waals surface area (Å²) in [4.78, 5) is 11.2. The van der Waals surface area contributed by atoms with Crippen molar-refractivity contribution in [2.75, 3.05) is 0 Å². The molecule has 120 valence electrons. The highest BCUT2D eigenvalue weighted by Crippen LogP contribution is 2.60. The largest absolute Gasteiger partial charge is 0.478 e. The van der Waals surface area contributed by atoms with Gasteiger partial charge in [-0.15, -0.1) is 0 Å². The van der Waals surface area contributed by atoms with Gasteiger partial charge in [-0.3, -0.25) is 0 Å². The number of carbonyl (C=O) groups is 1. The van der Waals surface area contributed by atoms with Crippen LogP contribution in [0.1, 0.15) is 51.2 Å². The van der Waals surface area contributed by atoms with Gasteiger partial charge in [0.05, 0.1) is 17.9 Å². The van der Waals surface area contributed by atoms with Crippen LogP contribution in [0.2, 0.25) is 0 Å². The molecule has 0 saturated heterocycles. The zero-order valence-corrected chi connectivity index (χ0v) is 12.8. The molecule has 2 aromatic carbocycles. The second-order valence-corrected chi connectivity index (χ2v) is 6.80. The molecule has 2 N–H and O–H groups in total. The van der Waals surface area contributed by atoms with Crippen LogP contribution in [0.3, 0.4) is 0 Å². The van der Waals surface area contributed by atoms with Gasteiger partial charge in [0.2, 0.25) is 0 Å². The fraction of sp³-hybridized carbons (Fsp3) is 0.250. The molecule has 3 aromatic rings. The molecule has 4 heteroatoms. The van der Waals surface area contributed by atoms with Crippen molar-refractivity contribution in [3.8, 4) is 0 Å². The van der Waals surface area contributed by atoms with Gasteiger partial charge in [0, 0.05) is 22.8 Å². The number of fused-ring (bicyclic) bond motifs is 6. The molecular formula is C20H16O4. The van der Waals surface area contributed by atoms with Gasteiger partial charge in [0.25, 0.3) is 0 Å². The SMILES string of the molecule is O=C(O)c1ccc2c(c1)[C@H]1C[C@@H]2[C@@H](c2coc3ccccc23)C1O.